The third-order valence-corrected chi connectivity index (χ3v) is 6.74. The number of thiazole rings is 1. The topological polar surface area (TPSA) is 84.7 Å². The Morgan fingerprint density at radius 2 is 1.91 bits per heavy atom. The number of anilines is 1. The van der Waals surface area contributed by atoms with Crippen molar-refractivity contribution in [3.05, 3.63) is 47.9 Å². The van der Waals surface area contributed by atoms with Gasteiger partial charge in [-0.1, -0.05) is 50.5 Å². The van der Waals surface area contributed by atoms with Crippen molar-refractivity contribution in [2.24, 2.45) is 0 Å². The first-order chi connectivity index (χ1) is 16.1. The molecule has 0 atom stereocenters. The van der Waals surface area contributed by atoms with Crippen LogP contribution >= 0.6 is 11.3 Å². The molecule has 33 heavy (non-hydrogen) atoms. The van der Waals surface area contributed by atoms with Crippen LogP contribution < -0.4 is 10.6 Å². The number of amides is 1. The summed E-state index contributed by atoms with van der Waals surface area (Å²) in [5.41, 5.74) is 4.86. The van der Waals surface area contributed by atoms with Crippen molar-refractivity contribution in [2.75, 3.05) is 5.32 Å². The summed E-state index contributed by atoms with van der Waals surface area (Å²) in [5.74, 6) is -0.0545. The average Bonchev–Trinajstić information content (AvgIpc) is 3.42. The second kappa shape index (κ2) is 10.7. The van der Waals surface area contributed by atoms with Crippen LogP contribution in [0, 0.1) is 0 Å². The fourth-order valence-electron chi connectivity index (χ4n) is 4.18. The SMILES string of the molecule is CC.CC(=O)NCc1cnc2c(c1)ncn2Cc1ccc2nc(NC3CCCCC3)sc2c1. The van der Waals surface area contributed by atoms with Crippen LogP contribution in [0.3, 0.4) is 0 Å². The lowest BCUT2D eigenvalue weighted by Gasteiger charge is -2.22. The first-order valence-corrected chi connectivity index (χ1v) is 12.7. The number of rotatable bonds is 6. The molecule has 174 valence electrons. The molecular formula is C25H32N6OS. The predicted molar refractivity (Wildman–Crippen MR) is 136 cm³/mol. The van der Waals surface area contributed by atoms with Gasteiger partial charge in [-0.05, 0) is 42.2 Å². The maximum absolute atomic E-state index is 11.1. The Bertz CT molecular complexity index is 1220. The molecule has 3 heterocycles. The van der Waals surface area contributed by atoms with E-state index in [4.69, 9.17) is 4.98 Å². The van der Waals surface area contributed by atoms with E-state index < -0.39 is 0 Å². The molecule has 1 aliphatic carbocycles. The molecule has 3 aromatic heterocycles. The molecule has 2 N–H and O–H groups in total. The van der Waals surface area contributed by atoms with Gasteiger partial charge in [0.05, 0.1) is 23.1 Å². The average molecular weight is 465 g/mol. The van der Waals surface area contributed by atoms with Crippen molar-refractivity contribution in [1.29, 1.82) is 0 Å². The molecule has 0 unspecified atom stereocenters. The van der Waals surface area contributed by atoms with Crippen molar-refractivity contribution >= 4 is 43.8 Å². The zero-order chi connectivity index (χ0) is 23.2. The molecular weight excluding hydrogens is 432 g/mol. The molecule has 0 radical (unpaired) electrons. The molecule has 1 aliphatic rings. The van der Waals surface area contributed by atoms with Crippen LogP contribution in [0.25, 0.3) is 21.4 Å². The molecule has 4 aromatic rings. The highest BCUT2D eigenvalue weighted by atomic mass is 32.1. The van der Waals surface area contributed by atoms with Crippen LogP contribution in [0.1, 0.15) is 64.0 Å². The second-order valence-electron chi connectivity index (χ2n) is 8.27. The number of hydrogen-bond donors (Lipinski definition) is 2. The Balaban J connectivity index is 0.00000126. The summed E-state index contributed by atoms with van der Waals surface area (Å²) in [6, 6.07) is 8.99. The summed E-state index contributed by atoms with van der Waals surface area (Å²) in [5, 5.41) is 7.46. The molecule has 0 aliphatic heterocycles. The zero-order valence-electron chi connectivity index (χ0n) is 19.6. The van der Waals surface area contributed by atoms with E-state index in [2.05, 4.69) is 43.4 Å². The van der Waals surface area contributed by atoms with E-state index in [1.807, 2.05) is 26.2 Å². The minimum absolute atomic E-state index is 0.0545. The number of pyridine rings is 1. The summed E-state index contributed by atoms with van der Waals surface area (Å²) in [4.78, 5) is 25.0. The molecule has 5 rings (SSSR count). The Morgan fingerprint density at radius 1 is 1.09 bits per heavy atom. The minimum atomic E-state index is -0.0545. The van der Waals surface area contributed by atoms with Crippen LogP contribution in [0.2, 0.25) is 0 Å². The van der Waals surface area contributed by atoms with Gasteiger partial charge in [-0.25, -0.2) is 15.0 Å². The first-order valence-electron chi connectivity index (χ1n) is 11.8. The van der Waals surface area contributed by atoms with E-state index in [0.717, 1.165) is 27.4 Å². The first kappa shape index (κ1) is 23.2. The number of benzene rings is 1. The molecule has 1 aromatic carbocycles. The second-order valence-corrected chi connectivity index (χ2v) is 9.30. The molecule has 7 nitrogen and oxygen atoms in total. The van der Waals surface area contributed by atoms with Crippen LogP contribution in [0.15, 0.2) is 36.8 Å². The van der Waals surface area contributed by atoms with Gasteiger partial charge in [-0.15, -0.1) is 0 Å². The van der Waals surface area contributed by atoms with Gasteiger partial charge in [-0.3, -0.25) is 4.79 Å². The lowest BCUT2D eigenvalue weighted by Crippen LogP contribution is -2.21. The zero-order valence-corrected chi connectivity index (χ0v) is 20.4. The summed E-state index contributed by atoms with van der Waals surface area (Å²) in [7, 11) is 0. The van der Waals surface area contributed by atoms with Gasteiger partial charge in [0.1, 0.15) is 5.52 Å². The smallest absolute Gasteiger partial charge is 0.217 e. The Hall–Kier alpha value is -3.00. The Morgan fingerprint density at radius 3 is 2.70 bits per heavy atom. The fraction of sp³-hybridized carbons (Fsp3) is 0.440. The third kappa shape index (κ3) is 5.68. The van der Waals surface area contributed by atoms with Crippen LogP contribution in [0.5, 0.6) is 0 Å². The number of fused-ring (bicyclic) bond motifs is 2. The van der Waals surface area contributed by atoms with Gasteiger partial charge in [-0.2, -0.15) is 0 Å². The highest BCUT2D eigenvalue weighted by molar-refractivity contribution is 7.22. The number of hydrogen-bond acceptors (Lipinski definition) is 6. The van der Waals surface area contributed by atoms with Crippen LogP contribution in [-0.2, 0) is 17.9 Å². The number of nitrogens with zero attached hydrogens (tertiary/aromatic N) is 4. The van der Waals surface area contributed by atoms with Gasteiger partial charge in [0, 0.05) is 25.7 Å². The Kier molecular flexibility index (Phi) is 7.54. The van der Waals surface area contributed by atoms with Crippen molar-refractivity contribution in [1.82, 2.24) is 24.8 Å². The molecule has 0 saturated heterocycles. The van der Waals surface area contributed by atoms with E-state index in [0.29, 0.717) is 19.1 Å². The van der Waals surface area contributed by atoms with Crippen molar-refractivity contribution in [3.63, 3.8) is 0 Å². The maximum atomic E-state index is 11.1. The number of imidazole rings is 1. The minimum Gasteiger partial charge on any atom is -0.359 e. The quantitative estimate of drug-likeness (QED) is 0.394. The highest BCUT2D eigenvalue weighted by Crippen LogP contribution is 2.30. The monoisotopic (exact) mass is 464 g/mol. The van der Waals surface area contributed by atoms with E-state index in [-0.39, 0.29) is 5.91 Å². The number of nitrogens with one attached hydrogen (secondary N) is 2. The largest absolute Gasteiger partial charge is 0.359 e. The predicted octanol–water partition coefficient (Wildman–Crippen LogP) is 5.50. The number of carbonyl (C=O) groups is 1. The van der Waals surface area contributed by atoms with Gasteiger partial charge in [0.2, 0.25) is 5.91 Å². The standard InChI is InChI=1S/C23H26N6OS.C2H6/c1-15(30)24-11-17-9-20-22(25-12-17)29(14-26-20)13-16-7-8-19-21(10-16)31-23(28-19)27-18-5-3-2-4-6-18;1-2/h7-10,12,14,18H,2-6,11,13H2,1H3,(H,24,30)(H,27,28);1-2H3. The summed E-state index contributed by atoms with van der Waals surface area (Å²) in [6.45, 7) is 6.67. The van der Waals surface area contributed by atoms with Crippen molar-refractivity contribution in [3.8, 4) is 0 Å². The summed E-state index contributed by atoms with van der Waals surface area (Å²) < 4.78 is 3.26. The third-order valence-electron chi connectivity index (χ3n) is 5.79. The van der Waals surface area contributed by atoms with E-state index in [9.17, 15) is 4.79 Å². The van der Waals surface area contributed by atoms with Gasteiger partial charge < -0.3 is 15.2 Å². The van der Waals surface area contributed by atoms with Gasteiger partial charge >= 0.3 is 0 Å². The fourth-order valence-corrected chi connectivity index (χ4v) is 5.18. The Labute approximate surface area is 198 Å². The van der Waals surface area contributed by atoms with Gasteiger partial charge in [0.15, 0.2) is 10.8 Å². The molecule has 1 saturated carbocycles. The summed E-state index contributed by atoms with van der Waals surface area (Å²) >= 11 is 1.73. The molecule has 1 amide bonds. The highest BCUT2D eigenvalue weighted by Gasteiger charge is 2.15. The van der Waals surface area contributed by atoms with Crippen molar-refractivity contribution < 1.29 is 4.79 Å². The van der Waals surface area contributed by atoms with Gasteiger partial charge in [0.25, 0.3) is 0 Å². The van der Waals surface area contributed by atoms with Crippen molar-refractivity contribution in [2.45, 2.75) is 72.0 Å². The molecule has 0 bridgehead atoms. The lowest BCUT2D eigenvalue weighted by atomic mass is 9.96. The van der Waals surface area contributed by atoms with E-state index in [1.165, 1.54) is 49.3 Å². The number of carbonyl (C=O) groups excluding carboxylic acids is 1. The molecule has 8 heteroatoms. The van der Waals surface area contributed by atoms with Crippen LogP contribution in [0.4, 0.5) is 5.13 Å². The lowest BCUT2D eigenvalue weighted by molar-refractivity contribution is -0.119. The normalized spacial score (nSPS) is 14.2. The molecule has 0 spiro atoms. The molecule has 1 fully saturated rings. The maximum Gasteiger partial charge on any atom is 0.217 e. The number of aromatic nitrogens is 4. The van der Waals surface area contributed by atoms with E-state index >= 15 is 0 Å². The summed E-state index contributed by atoms with van der Waals surface area (Å²) in [6.07, 6.45) is 10.1. The van der Waals surface area contributed by atoms with E-state index in [1.54, 1.807) is 17.5 Å². The van der Waals surface area contributed by atoms with Crippen LogP contribution in [-0.4, -0.2) is 31.5 Å².